The molecule has 5 heteroatoms. The Hall–Kier alpha value is -1.49. The lowest BCUT2D eigenvalue weighted by molar-refractivity contribution is -0.121. The Morgan fingerprint density at radius 3 is 2.45 bits per heavy atom. The zero-order valence-electron chi connectivity index (χ0n) is 14.3. The summed E-state index contributed by atoms with van der Waals surface area (Å²) in [6.45, 7) is 11.6. The number of aromatic nitrogens is 2. The molecule has 0 bridgehead atoms. The summed E-state index contributed by atoms with van der Waals surface area (Å²) in [7, 11) is 0. The molecule has 122 valence electrons. The third-order valence-electron chi connectivity index (χ3n) is 4.14. The molecule has 1 saturated heterocycles. The average molecular weight is 305 g/mol. The highest BCUT2D eigenvalue weighted by molar-refractivity contribution is 5.79. The van der Waals surface area contributed by atoms with Crippen LogP contribution in [0.2, 0.25) is 0 Å². The molecule has 2 rings (SSSR count). The molecule has 22 heavy (non-hydrogen) atoms. The van der Waals surface area contributed by atoms with E-state index in [1.807, 2.05) is 20.8 Å². The zero-order valence-corrected chi connectivity index (χ0v) is 14.3. The number of nitrogens with zero attached hydrogens (tertiary/aromatic N) is 2. The molecule has 1 aromatic heterocycles. The number of hydrogen-bond acceptors (Lipinski definition) is 4. The third-order valence-corrected chi connectivity index (χ3v) is 4.14. The van der Waals surface area contributed by atoms with Crippen LogP contribution in [-0.4, -0.2) is 35.1 Å². The fourth-order valence-electron chi connectivity index (χ4n) is 2.88. The Balaban J connectivity index is 1.90. The minimum atomic E-state index is 0.00681. The Morgan fingerprint density at radius 2 is 1.95 bits per heavy atom. The highest BCUT2D eigenvalue weighted by atomic mass is 16.5. The number of ether oxygens (including phenoxy) is 1. The summed E-state index contributed by atoms with van der Waals surface area (Å²) in [5.41, 5.74) is 2.95. The highest BCUT2D eigenvalue weighted by Crippen LogP contribution is 2.30. The topological polar surface area (TPSA) is 64.1 Å². The number of carbonyl (C=O) groups is 1. The van der Waals surface area contributed by atoms with Gasteiger partial charge in [0.15, 0.2) is 0 Å². The second kappa shape index (κ2) is 6.73. The second-order valence-electron chi connectivity index (χ2n) is 6.92. The van der Waals surface area contributed by atoms with Crippen molar-refractivity contribution >= 4 is 5.91 Å². The first-order valence-electron chi connectivity index (χ1n) is 8.02. The fourth-order valence-corrected chi connectivity index (χ4v) is 2.88. The van der Waals surface area contributed by atoms with Crippen molar-refractivity contribution in [1.82, 2.24) is 15.3 Å². The molecule has 0 spiro atoms. The van der Waals surface area contributed by atoms with Gasteiger partial charge in [0, 0.05) is 29.9 Å². The number of rotatable bonds is 5. The summed E-state index contributed by atoms with van der Waals surface area (Å²) < 4.78 is 5.71. The van der Waals surface area contributed by atoms with Crippen LogP contribution in [0.1, 0.15) is 50.0 Å². The van der Waals surface area contributed by atoms with Crippen LogP contribution >= 0.6 is 0 Å². The van der Waals surface area contributed by atoms with Crippen molar-refractivity contribution in [2.75, 3.05) is 13.2 Å². The Bertz CT molecular complexity index is 532. The van der Waals surface area contributed by atoms with Gasteiger partial charge in [-0.15, -0.1) is 0 Å². The quantitative estimate of drug-likeness (QED) is 0.905. The molecule has 0 saturated carbocycles. The van der Waals surface area contributed by atoms with Gasteiger partial charge in [-0.2, -0.15) is 0 Å². The lowest BCUT2D eigenvalue weighted by Crippen LogP contribution is -2.33. The van der Waals surface area contributed by atoms with E-state index < -0.39 is 0 Å². The second-order valence-corrected chi connectivity index (χ2v) is 6.92. The van der Waals surface area contributed by atoms with E-state index in [4.69, 9.17) is 4.74 Å². The molecular formula is C17H27N3O2. The molecule has 1 aromatic rings. The van der Waals surface area contributed by atoms with Gasteiger partial charge >= 0.3 is 0 Å². The van der Waals surface area contributed by atoms with Gasteiger partial charge in [0.2, 0.25) is 5.91 Å². The first-order valence-corrected chi connectivity index (χ1v) is 8.02. The summed E-state index contributed by atoms with van der Waals surface area (Å²) in [4.78, 5) is 21.1. The number of nitrogens with one attached hydrogen (secondary N) is 1. The largest absolute Gasteiger partial charge is 0.376 e. The zero-order chi connectivity index (χ0) is 16.3. The molecule has 0 aliphatic carbocycles. The van der Waals surface area contributed by atoms with Crippen LogP contribution in [0.5, 0.6) is 0 Å². The average Bonchev–Trinajstić information content (AvgIpc) is 2.79. The maximum Gasteiger partial charge on any atom is 0.224 e. The van der Waals surface area contributed by atoms with E-state index in [2.05, 4.69) is 29.1 Å². The first-order chi connectivity index (χ1) is 10.3. The summed E-state index contributed by atoms with van der Waals surface area (Å²) >= 11 is 0. The van der Waals surface area contributed by atoms with Gasteiger partial charge in [-0.25, -0.2) is 9.97 Å². The van der Waals surface area contributed by atoms with Crippen LogP contribution in [0, 0.1) is 19.3 Å². The van der Waals surface area contributed by atoms with Crippen molar-refractivity contribution < 1.29 is 9.53 Å². The van der Waals surface area contributed by atoms with E-state index in [1.54, 1.807) is 0 Å². The number of aryl methyl sites for hydroxylation is 3. The molecule has 1 N–H and O–H groups in total. The lowest BCUT2D eigenvalue weighted by atomic mass is 9.91. The van der Waals surface area contributed by atoms with Gasteiger partial charge < -0.3 is 10.1 Å². The molecule has 0 aromatic carbocycles. The van der Waals surface area contributed by atoms with E-state index in [1.165, 1.54) is 0 Å². The molecule has 1 atom stereocenters. The van der Waals surface area contributed by atoms with Gasteiger partial charge in [-0.3, -0.25) is 4.79 Å². The van der Waals surface area contributed by atoms with Crippen molar-refractivity contribution in [2.45, 2.75) is 60.0 Å². The fraction of sp³-hybridized carbons (Fsp3) is 0.706. The van der Waals surface area contributed by atoms with Crippen LogP contribution in [0.4, 0.5) is 0 Å². The molecule has 2 heterocycles. The molecule has 0 radical (unpaired) electrons. The van der Waals surface area contributed by atoms with E-state index in [0.29, 0.717) is 13.0 Å². The SMILES string of the molecule is CCc1nc(C)c(CC(=O)NCC2CC(C)(C)CO2)c(C)n1. The Labute approximate surface area is 132 Å². The molecule has 1 amide bonds. The van der Waals surface area contributed by atoms with Gasteiger partial charge in [-0.05, 0) is 25.7 Å². The number of carbonyl (C=O) groups excluding carboxylic acids is 1. The third kappa shape index (κ3) is 4.26. The molecule has 1 aliphatic heterocycles. The van der Waals surface area contributed by atoms with Crippen LogP contribution in [0.15, 0.2) is 0 Å². The molecule has 5 nitrogen and oxygen atoms in total. The van der Waals surface area contributed by atoms with Gasteiger partial charge in [0.25, 0.3) is 0 Å². The van der Waals surface area contributed by atoms with E-state index >= 15 is 0 Å². The van der Waals surface area contributed by atoms with Crippen molar-refractivity contribution in [3.63, 3.8) is 0 Å². The Kier molecular flexibility index (Phi) is 5.16. The van der Waals surface area contributed by atoms with E-state index in [-0.39, 0.29) is 17.4 Å². The van der Waals surface area contributed by atoms with Crippen molar-refractivity contribution in [3.05, 3.63) is 22.8 Å². The van der Waals surface area contributed by atoms with Gasteiger partial charge in [-0.1, -0.05) is 20.8 Å². The first kappa shape index (κ1) is 16.9. The predicted octanol–water partition coefficient (Wildman–Crippen LogP) is 2.13. The molecular weight excluding hydrogens is 278 g/mol. The summed E-state index contributed by atoms with van der Waals surface area (Å²) in [5.74, 6) is 0.841. The predicted molar refractivity (Wildman–Crippen MR) is 85.7 cm³/mol. The smallest absolute Gasteiger partial charge is 0.224 e. The van der Waals surface area contributed by atoms with Gasteiger partial charge in [0.1, 0.15) is 5.82 Å². The van der Waals surface area contributed by atoms with Crippen LogP contribution < -0.4 is 5.32 Å². The summed E-state index contributed by atoms with van der Waals surface area (Å²) in [6, 6.07) is 0. The van der Waals surface area contributed by atoms with Crippen LogP contribution in [-0.2, 0) is 22.4 Å². The monoisotopic (exact) mass is 305 g/mol. The molecule has 1 unspecified atom stereocenters. The lowest BCUT2D eigenvalue weighted by Gasteiger charge is -2.15. The van der Waals surface area contributed by atoms with E-state index in [0.717, 1.165) is 42.2 Å². The maximum atomic E-state index is 12.2. The standard InChI is InChI=1S/C17H27N3O2/c1-6-15-19-11(2)14(12(3)20-15)7-16(21)18-9-13-8-17(4,5)10-22-13/h13H,6-10H2,1-5H3,(H,18,21). The summed E-state index contributed by atoms with van der Waals surface area (Å²) in [6.07, 6.45) is 2.25. The molecule has 1 fully saturated rings. The van der Waals surface area contributed by atoms with Crippen LogP contribution in [0.3, 0.4) is 0 Å². The minimum absolute atomic E-state index is 0.00681. The van der Waals surface area contributed by atoms with Crippen molar-refractivity contribution in [3.8, 4) is 0 Å². The maximum absolute atomic E-state index is 12.2. The van der Waals surface area contributed by atoms with Crippen molar-refractivity contribution in [2.24, 2.45) is 5.41 Å². The number of hydrogen-bond donors (Lipinski definition) is 1. The van der Waals surface area contributed by atoms with Crippen molar-refractivity contribution in [1.29, 1.82) is 0 Å². The van der Waals surface area contributed by atoms with E-state index in [9.17, 15) is 4.79 Å². The minimum Gasteiger partial charge on any atom is -0.376 e. The normalized spacial score (nSPS) is 20.1. The summed E-state index contributed by atoms with van der Waals surface area (Å²) in [5, 5.41) is 2.97. The Morgan fingerprint density at radius 1 is 1.32 bits per heavy atom. The van der Waals surface area contributed by atoms with Crippen LogP contribution in [0.25, 0.3) is 0 Å². The highest BCUT2D eigenvalue weighted by Gasteiger charge is 2.31. The van der Waals surface area contributed by atoms with Gasteiger partial charge in [0.05, 0.1) is 19.1 Å². The molecule has 1 aliphatic rings. The number of amides is 1.